The van der Waals surface area contributed by atoms with Gasteiger partial charge in [0.1, 0.15) is 5.82 Å². The summed E-state index contributed by atoms with van der Waals surface area (Å²) in [4.78, 5) is 4.56. The van der Waals surface area contributed by atoms with Crippen LogP contribution in [0.1, 0.15) is 11.1 Å². The number of piperazine rings is 1. The molecule has 2 aromatic carbocycles. The molecular weight excluding hydrogens is 369 g/mol. The third-order valence-corrected chi connectivity index (χ3v) is 5.27. The van der Waals surface area contributed by atoms with Crippen LogP contribution in [0, 0.1) is 5.82 Å². The van der Waals surface area contributed by atoms with Gasteiger partial charge in [-0.1, -0.05) is 48.0 Å². The van der Waals surface area contributed by atoms with Gasteiger partial charge in [0.15, 0.2) is 5.11 Å². The minimum absolute atomic E-state index is 0.185. The first-order valence-electron chi connectivity index (χ1n) is 8.85. The fourth-order valence-corrected chi connectivity index (χ4v) is 3.56. The predicted octanol–water partition coefficient (Wildman–Crippen LogP) is 3.71. The van der Waals surface area contributed by atoms with Gasteiger partial charge in [0, 0.05) is 39.3 Å². The van der Waals surface area contributed by atoms with Crippen molar-refractivity contribution in [3.8, 4) is 0 Å². The van der Waals surface area contributed by atoms with Crippen molar-refractivity contribution < 1.29 is 4.39 Å². The third-order valence-electron chi connectivity index (χ3n) is 4.58. The van der Waals surface area contributed by atoms with Gasteiger partial charge in [-0.2, -0.15) is 0 Å². The summed E-state index contributed by atoms with van der Waals surface area (Å²) in [6, 6.07) is 15.3. The lowest BCUT2D eigenvalue weighted by atomic mass is 10.1. The third kappa shape index (κ3) is 5.40. The number of nitrogens with zero attached hydrogens (tertiary/aromatic N) is 2. The Kier molecular flexibility index (Phi) is 6.83. The zero-order valence-electron chi connectivity index (χ0n) is 14.6. The lowest BCUT2D eigenvalue weighted by Crippen LogP contribution is -2.51. The molecule has 1 saturated heterocycles. The van der Waals surface area contributed by atoms with E-state index in [0.29, 0.717) is 0 Å². The second-order valence-electron chi connectivity index (χ2n) is 6.48. The van der Waals surface area contributed by atoms with Crippen molar-refractivity contribution in [2.75, 3.05) is 32.7 Å². The molecule has 0 amide bonds. The molecule has 3 rings (SSSR count). The smallest absolute Gasteiger partial charge is 0.169 e. The Morgan fingerprint density at radius 1 is 1.04 bits per heavy atom. The fourth-order valence-electron chi connectivity index (χ4n) is 3.08. The van der Waals surface area contributed by atoms with Crippen molar-refractivity contribution in [1.29, 1.82) is 0 Å². The Labute approximate surface area is 164 Å². The average molecular weight is 392 g/mol. The summed E-state index contributed by atoms with van der Waals surface area (Å²) >= 11 is 11.4. The molecule has 0 atom stereocenters. The molecule has 0 spiro atoms. The van der Waals surface area contributed by atoms with Crippen molar-refractivity contribution in [3.63, 3.8) is 0 Å². The van der Waals surface area contributed by atoms with E-state index < -0.39 is 0 Å². The molecule has 1 aliphatic rings. The molecule has 1 heterocycles. The zero-order chi connectivity index (χ0) is 18.4. The monoisotopic (exact) mass is 391 g/mol. The first kappa shape index (κ1) is 19.1. The molecule has 0 aliphatic carbocycles. The van der Waals surface area contributed by atoms with Crippen LogP contribution in [0.5, 0.6) is 0 Å². The molecule has 3 nitrogen and oxygen atoms in total. The van der Waals surface area contributed by atoms with Crippen LogP contribution in [0.25, 0.3) is 0 Å². The van der Waals surface area contributed by atoms with E-state index in [0.717, 1.165) is 56.4 Å². The summed E-state index contributed by atoms with van der Waals surface area (Å²) in [6.45, 7) is 5.27. The van der Waals surface area contributed by atoms with Crippen molar-refractivity contribution in [2.45, 2.75) is 13.0 Å². The van der Waals surface area contributed by atoms with E-state index in [4.69, 9.17) is 23.8 Å². The van der Waals surface area contributed by atoms with Gasteiger partial charge in [-0.25, -0.2) is 4.39 Å². The highest BCUT2D eigenvalue weighted by molar-refractivity contribution is 7.80. The standard InChI is InChI=1S/C20H23ClFN3S/c21-18-14-17(6-7-19(18)22)15-24-10-12-25(13-11-24)20(26)23-9-8-16-4-2-1-3-5-16/h1-7,14H,8-13,15H2,(H,23,26). The summed E-state index contributed by atoms with van der Waals surface area (Å²) in [5.41, 5.74) is 2.35. The Hall–Kier alpha value is -1.69. The molecular formula is C20H23ClFN3S. The van der Waals surface area contributed by atoms with Gasteiger partial charge < -0.3 is 10.2 Å². The predicted molar refractivity (Wildman–Crippen MR) is 109 cm³/mol. The van der Waals surface area contributed by atoms with Crippen LogP contribution in [0.4, 0.5) is 4.39 Å². The Bertz CT molecular complexity index is 733. The number of benzene rings is 2. The molecule has 138 valence electrons. The summed E-state index contributed by atoms with van der Waals surface area (Å²) in [5.74, 6) is -0.368. The van der Waals surface area contributed by atoms with Crippen LogP contribution in [0.15, 0.2) is 48.5 Å². The highest BCUT2D eigenvalue weighted by Gasteiger charge is 2.19. The van der Waals surface area contributed by atoms with Crippen LogP contribution >= 0.6 is 23.8 Å². The van der Waals surface area contributed by atoms with E-state index in [9.17, 15) is 4.39 Å². The summed E-state index contributed by atoms with van der Waals surface area (Å²) in [5, 5.41) is 4.37. The first-order chi connectivity index (χ1) is 12.6. The number of halogens is 2. The number of thiocarbonyl (C=S) groups is 1. The number of hydrogen-bond acceptors (Lipinski definition) is 2. The van der Waals surface area contributed by atoms with Gasteiger partial charge in [0.05, 0.1) is 5.02 Å². The lowest BCUT2D eigenvalue weighted by molar-refractivity contribution is 0.174. The van der Waals surface area contributed by atoms with Gasteiger partial charge >= 0.3 is 0 Å². The zero-order valence-corrected chi connectivity index (χ0v) is 16.2. The van der Waals surface area contributed by atoms with Crippen LogP contribution in [-0.4, -0.2) is 47.6 Å². The molecule has 0 aromatic heterocycles. The molecule has 6 heteroatoms. The average Bonchev–Trinajstić information content (AvgIpc) is 2.66. The largest absolute Gasteiger partial charge is 0.362 e. The molecule has 0 saturated carbocycles. The topological polar surface area (TPSA) is 18.5 Å². The highest BCUT2D eigenvalue weighted by Crippen LogP contribution is 2.18. The van der Waals surface area contributed by atoms with Crippen LogP contribution < -0.4 is 5.32 Å². The SMILES string of the molecule is Fc1ccc(CN2CCN(C(=S)NCCc3ccccc3)CC2)cc1Cl. The minimum Gasteiger partial charge on any atom is -0.362 e. The number of rotatable bonds is 5. The molecule has 26 heavy (non-hydrogen) atoms. The van der Waals surface area contributed by atoms with E-state index in [-0.39, 0.29) is 10.8 Å². The van der Waals surface area contributed by atoms with E-state index >= 15 is 0 Å². The number of hydrogen-bond donors (Lipinski definition) is 1. The van der Waals surface area contributed by atoms with Crippen LogP contribution in [0.2, 0.25) is 5.02 Å². The van der Waals surface area contributed by atoms with Gasteiger partial charge in [-0.3, -0.25) is 4.90 Å². The van der Waals surface area contributed by atoms with Crippen molar-refractivity contribution in [3.05, 3.63) is 70.5 Å². The maximum absolute atomic E-state index is 13.3. The van der Waals surface area contributed by atoms with Gasteiger partial charge in [-0.05, 0) is 41.9 Å². The van der Waals surface area contributed by atoms with Crippen molar-refractivity contribution in [2.24, 2.45) is 0 Å². The van der Waals surface area contributed by atoms with Gasteiger partial charge in [-0.15, -0.1) is 0 Å². The minimum atomic E-state index is -0.368. The molecule has 0 unspecified atom stereocenters. The first-order valence-corrected chi connectivity index (χ1v) is 9.63. The van der Waals surface area contributed by atoms with E-state index in [1.54, 1.807) is 12.1 Å². The van der Waals surface area contributed by atoms with Gasteiger partial charge in [0.25, 0.3) is 0 Å². The molecule has 1 aliphatic heterocycles. The lowest BCUT2D eigenvalue weighted by Gasteiger charge is -2.36. The molecule has 1 N–H and O–H groups in total. The second-order valence-corrected chi connectivity index (χ2v) is 7.27. The fraction of sp³-hybridized carbons (Fsp3) is 0.350. The van der Waals surface area contributed by atoms with Crippen molar-refractivity contribution >= 4 is 28.9 Å². The highest BCUT2D eigenvalue weighted by atomic mass is 35.5. The second kappa shape index (κ2) is 9.31. The normalized spacial score (nSPS) is 15.1. The summed E-state index contributed by atoms with van der Waals surface area (Å²) < 4.78 is 13.3. The van der Waals surface area contributed by atoms with E-state index in [1.807, 2.05) is 6.07 Å². The maximum Gasteiger partial charge on any atom is 0.169 e. The molecule has 0 bridgehead atoms. The molecule has 1 fully saturated rings. The maximum atomic E-state index is 13.3. The summed E-state index contributed by atoms with van der Waals surface area (Å²) in [6.07, 6.45) is 0.965. The van der Waals surface area contributed by atoms with Crippen LogP contribution in [-0.2, 0) is 13.0 Å². The van der Waals surface area contributed by atoms with Crippen molar-refractivity contribution in [1.82, 2.24) is 15.1 Å². The molecule has 0 radical (unpaired) electrons. The Morgan fingerprint density at radius 3 is 2.46 bits per heavy atom. The molecule has 2 aromatic rings. The van der Waals surface area contributed by atoms with Gasteiger partial charge in [0.2, 0.25) is 0 Å². The summed E-state index contributed by atoms with van der Waals surface area (Å²) in [7, 11) is 0. The van der Waals surface area contributed by atoms with Crippen LogP contribution in [0.3, 0.4) is 0 Å². The quantitative estimate of drug-likeness (QED) is 0.783. The number of nitrogens with one attached hydrogen (secondary N) is 1. The Balaban J connectivity index is 1.40. The Morgan fingerprint density at radius 2 is 1.77 bits per heavy atom. The van der Waals surface area contributed by atoms with E-state index in [2.05, 4.69) is 39.4 Å². The van der Waals surface area contributed by atoms with E-state index in [1.165, 1.54) is 11.6 Å².